The van der Waals surface area contributed by atoms with E-state index >= 15 is 0 Å². The topological polar surface area (TPSA) is 70.5 Å². The molecule has 4 aromatic heterocycles. The largest absolute Gasteiger partial charge is 0.412 e. The molecule has 6 nitrogen and oxygen atoms in total. The highest BCUT2D eigenvalue weighted by atomic mass is 19.4. The molecule has 0 spiro atoms. The standard InChI is InChI=1S/C31H26F3N5O/c1-2-5-30(40-19-31(32,33)34)39-13-4-3-6-29(39)27-17-26-16-24-10-9-22(36-24)14-20-7-8-21(35-20)15-23-11-12-25(37-23)18-28(27)38-26/h3-4,6-18,30H,2,5,19H2,1H3,(H,35,36,37,38)/p+1. The van der Waals surface area contributed by atoms with Gasteiger partial charge in [0.1, 0.15) is 6.61 Å². The summed E-state index contributed by atoms with van der Waals surface area (Å²) >= 11 is 0. The Morgan fingerprint density at radius 1 is 0.800 bits per heavy atom. The highest BCUT2D eigenvalue weighted by molar-refractivity contribution is 5.85. The van der Waals surface area contributed by atoms with E-state index in [1.807, 2.05) is 85.8 Å². The van der Waals surface area contributed by atoms with Gasteiger partial charge in [0, 0.05) is 35.1 Å². The maximum atomic E-state index is 13.1. The van der Waals surface area contributed by atoms with Gasteiger partial charge in [0.2, 0.25) is 5.69 Å². The number of aromatic amines is 2. The summed E-state index contributed by atoms with van der Waals surface area (Å²) in [6.07, 6.45) is 5.44. The number of nitrogens with one attached hydrogen (secondary N) is 2. The van der Waals surface area contributed by atoms with Crippen molar-refractivity contribution >= 4 is 46.4 Å². The van der Waals surface area contributed by atoms with Crippen LogP contribution in [-0.4, -0.2) is 32.7 Å². The molecule has 1 unspecified atom stereocenters. The Kier molecular flexibility index (Phi) is 6.81. The van der Waals surface area contributed by atoms with E-state index in [0.29, 0.717) is 12.8 Å². The third-order valence-electron chi connectivity index (χ3n) is 6.62. The normalized spacial score (nSPS) is 13.6. The Hall–Kier alpha value is -4.50. The summed E-state index contributed by atoms with van der Waals surface area (Å²) < 4.78 is 46.4. The van der Waals surface area contributed by atoms with Crippen LogP contribution in [-0.2, 0) is 4.74 Å². The fourth-order valence-corrected chi connectivity index (χ4v) is 4.91. The number of H-pyrrole nitrogens is 2. The first kappa shape index (κ1) is 25.8. The van der Waals surface area contributed by atoms with Crippen molar-refractivity contribution in [3.63, 3.8) is 0 Å². The van der Waals surface area contributed by atoms with Gasteiger partial charge in [0.25, 0.3) is 6.23 Å². The second kappa shape index (κ2) is 10.6. The lowest BCUT2D eigenvalue weighted by molar-refractivity contribution is -0.755. The first-order valence-corrected chi connectivity index (χ1v) is 13.1. The second-order valence-electron chi connectivity index (χ2n) is 9.75. The van der Waals surface area contributed by atoms with E-state index < -0.39 is 19.0 Å². The molecule has 6 heterocycles. The Morgan fingerprint density at radius 3 is 2.05 bits per heavy atom. The number of ether oxygens (including phenoxy) is 1. The summed E-state index contributed by atoms with van der Waals surface area (Å²) in [5.74, 6) is 0. The van der Waals surface area contributed by atoms with Crippen molar-refractivity contribution in [2.75, 3.05) is 6.61 Å². The average Bonchev–Trinajstić information content (AvgIpc) is 3.72. The van der Waals surface area contributed by atoms with E-state index in [9.17, 15) is 13.2 Å². The highest BCUT2D eigenvalue weighted by Gasteiger charge is 2.33. The molecule has 2 aliphatic heterocycles. The van der Waals surface area contributed by atoms with Crippen LogP contribution >= 0.6 is 0 Å². The fraction of sp³-hybridized carbons (Fsp3) is 0.194. The number of aromatic nitrogens is 5. The predicted molar refractivity (Wildman–Crippen MR) is 150 cm³/mol. The molecule has 6 rings (SSSR count). The van der Waals surface area contributed by atoms with Crippen molar-refractivity contribution in [2.45, 2.75) is 32.2 Å². The molecule has 0 aliphatic carbocycles. The first-order valence-electron chi connectivity index (χ1n) is 13.1. The molecular weight excluding hydrogens is 515 g/mol. The van der Waals surface area contributed by atoms with Crippen molar-refractivity contribution in [3.8, 4) is 11.3 Å². The summed E-state index contributed by atoms with van der Waals surface area (Å²) in [5, 5.41) is 0. The average molecular weight is 543 g/mol. The Balaban J connectivity index is 1.56. The lowest BCUT2D eigenvalue weighted by Gasteiger charge is -2.16. The molecule has 8 bridgehead atoms. The molecular formula is C31H27F3N5O+. The quantitative estimate of drug-likeness (QED) is 0.214. The zero-order valence-corrected chi connectivity index (χ0v) is 21.7. The van der Waals surface area contributed by atoms with E-state index in [1.165, 1.54) is 0 Å². The van der Waals surface area contributed by atoms with Gasteiger partial charge < -0.3 is 14.7 Å². The minimum Gasteiger partial charge on any atom is -0.355 e. The lowest BCUT2D eigenvalue weighted by atomic mass is 10.1. The van der Waals surface area contributed by atoms with Gasteiger partial charge in [-0.25, -0.2) is 9.97 Å². The SMILES string of the molecule is CCCC(OCC(F)(F)F)[n+]1ccccc1-c1cc2cc3nc(cc4ccc(cc5nc(cc1[nH]2)C=C5)[nH]4)C=C3. The number of halogens is 3. The van der Waals surface area contributed by atoms with Gasteiger partial charge in [-0.3, -0.25) is 0 Å². The Morgan fingerprint density at radius 2 is 1.43 bits per heavy atom. The minimum atomic E-state index is -4.42. The zero-order chi connectivity index (χ0) is 27.7. The monoisotopic (exact) mass is 542 g/mol. The van der Waals surface area contributed by atoms with Gasteiger partial charge in [-0.05, 0) is 79.3 Å². The molecule has 2 aliphatic rings. The van der Waals surface area contributed by atoms with Gasteiger partial charge in [-0.1, -0.05) is 6.92 Å². The van der Waals surface area contributed by atoms with Crippen LogP contribution in [0.2, 0.25) is 0 Å². The fourth-order valence-electron chi connectivity index (χ4n) is 4.91. The Labute approximate surface area is 228 Å². The number of rotatable bonds is 6. The minimum absolute atomic E-state index is 0.431. The van der Waals surface area contributed by atoms with E-state index in [2.05, 4.69) is 9.97 Å². The second-order valence-corrected chi connectivity index (χ2v) is 9.75. The van der Waals surface area contributed by atoms with Crippen LogP contribution in [0.4, 0.5) is 13.2 Å². The first-order chi connectivity index (χ1) is 19.3. The van der Waals surface area contributed by atoms with Gasteiger partial charge in [0.05, 0.1) is 33.9 Å². The van der Waals surface area contributed by atoms with Crippen molar-refractivity contribution in [2.24, 2.45) is 0 Å². The van der Waals surface area contributed by atoms with Crippen LogP contribution < -0.4 is 4.57 Å². The molecule has 0 fully saturated rings. The number of nitrogens with zero attached hydrogens (tertiary/aromatic N) is 3. The van der Waals surface area contributed by atoms with Crippen LogP contribution in [0.1, 0.15) is 48.8 Å². The molecule has 40 heavy (non-hydrogen) atoms. The maximum Gasteiger partial charge on any atom is 0.412 e. The third-order valence-corrected chi connectivity index (χ3v) is 6.62. The molecule has 0 amide bonds. The maximum absolute atomic E-state index is 13.1. The van der Waals surface area contributed by atoms with Crippen LogP contribution in [0.5, 0.6) is 0 Å². The lowest BCUT2D eigenvalue weighted by Crippen LogP contribution is -2.44. The summed E-state index contributed by atoms with van der Waals surface area (Å²) in [7, 11) is 0. The van der Waals surface area contributed by atoms with Gasteiger partial charge in [0.15, 0.2) is 6.20 Å². The van der Waals surface area contributed by atoms with Crippen molar-refractivity contribution in [3.05, 3.63) is 89.6 Å². The van der Waals surface area contributed by atoms with E-state index in [0.717, 1.165) is 56.1 Å². The van der Waals surface area contributed by atoms with E-state index in [4.69, 9.17) is 14.7 Å². The molecule has 0 radical (unpaired) electrons. The van der Waals surface area contributed by atoms with Crippen LogP contribution in [0, 0.1) is 0 Å². The van der Waals surface area contributed by atoms with Crippen molar-refractivity contribution in [1.82, 2.24) is 19.9 Å². The summed E-state index contributed by atoms with van der Waals surface area (Å²) in [6.45, 7) is 0.611. The number of hydrogen-bond donors (Lipinski definition) is 2. The van der Waals surface area contributed by atoms with Gasteiger partial charge >= 0.3 is 6.18 Å². The van der Waals surface area contributed by atoms with Crippen molar-refractivity contribution in [1.29, 1.82) is 0 Å². The summed E-state index contributed by atoms with van der Waals surface area (Å²) in [6, 6.07) is 19.4. The zero-order valence-electron chi connectivity index (χ0n) is 21.7. The van der Waals surface area contributed by atoms with Crippen LogP contribution in [0.3, 0.4) is 0 Å². The van der Waals surface area contributed by atoms with E-state index in [-0.39, 0.29) is 0 Å². The molecule has 4 aromatic rings. The number of hydrogen-bond acceptors (Lipinski definition) is 3. The van der Waals surface area contributed by atoms with Crippen molar-refractivity contribution < 1.29 is 22.5 Å². The van der Waals surface area contributed by atoms with Crippen LogP contribution in [0.25, 0.3) is 57.6 Å². The number of pyridine rings is 1. The predicted octanol–water partition coefficient (Wildman–Crippen LogP) is 7.49. The van der Waals surface area contributed by atoms with E-state index in [1.54, 1.807) is 16.8 Å². The summed E-state index contributed by atoms with van der Waals surface area (Å²) in [4.78, 5) is 16.3. The van der Waals surface area contributed by atoms with Gasteiger partial charge in [-0.2, -0.15) is 17.7 Å². The highest BCUT2D eigenvalue weighted by Crippen LogP contribution is 2.28. The smallest absolute Gasteiger partial charge is 0.355 e. The summed E-state index contributed by atoms with van der Waals surface area (Å²) in [5.41, 5.74) is 8.14. The molecule has 0 saturated heterocycles. The molecule has 202 valence electrons. The van der Waals surface area contributed by atoms with Gasteiger partial charge in [-0.15, -0.1) is 0 Å². The molecule has 0 saturated carbocycles. The molecule has 1 atom stereocenters. The molecule has 2 N–H and O–H groups in total. The van der Waals surface area contributed by atoms with Crippen LogP contribution in [0.15, 0.2) is 66.9 Å². The molecule has 0 aromatic carbocycles. The number of alkyl halides is 3. The number of fused-ring (bicyclic) bond motifs is 8. The molecule has 9 heteroatoms. The Bertz CT molecular complexity index is 1780. The third kappa shape index (κ3) is 5.74.